The van der Waals surface area contributed by atoms with E-state index in [2.05, 4.69) is 27.3 Å². The van der Waals surface area contributed by atoms with Crippen LogP contribution in [0, 0.1) is 0 Å². The highest BCUT2D eigenvalue weighted by molar-refractivity contribution is 5.73. The number of benzene rings is 2. The number of aromatic nitrogens is 2. The summed E-state index contributed by atoms with van der Waals surface area (Å²) in [5.74, 6) is 1.84. The molecule has 0 spiro atoms. The predicted octanol–water partition coefficient (Wildman–Crippen LogP) is 3.06. The first-order chi connectivity index (χ1) is 15.7. The predicted molar refractivity (Wildman–Crippen MR) is 123 cm³/mol. The number of aryl methyl sites for hydroxylation is 1. The van der Waals surface area contributed by atoms with E-state index in [4.69, 9.17) is 14.2 Å². The Hall–Kier alpha value is -3.52. The fourth-order valence-electron chi connectivity index (χ4n) is 4.33. The van der Waals surface area contributed by atoms with Crippen LogP contribution in [0.2, 0.25) is 0 Å². The number of nitrogens with one attached hydrogen (secondary N) is 1. The molecule has 3 heterocycles. The third-order valence-electron chi connectivity index (χ3n) is 6.02. The molecule has 1 N–H and O–H groups in total. The zero-order valence-corrected chi connectivity index (χ0v) is 18.3. The van der Waals surface area contributed by atoms with Crippen molar-refractivity contribution in [2.45, 2.75) is 13.0 Å². The van der Waals surface area contributed by atoms with E-state index >= 15 is 0 Å². The van der Waals surface area contributed by atoms with Crippen LogP contribution in [0.15, 0.2) is 47.3 Å². The van der Waals surface area contributed by atoms with E-state index < -0.39 is 0 Å². The van der Waals surface area contributed by atoms with Crippen LogP contribution in [0.25, 0.3) is 11.3 Å². The topological polar surface area (TPSA) is 77.9 Å². The number of morpholine rings is 1. The van der Waals surface area contributed by atoms with Crippen molar-refractivity contribution in [3.63, 3.8) is 0 Å². The molecule has 2 aliphatic heterocycles. The molecule has 8 nitrogen and oxygen atoms in total. The largest absolute Gasteiger partial charge is 0.493 e. The van der Waals surface area contributed by atoms with E-state index in [0.29, 0.717) is 23.9 Å². The average molecular weight is 434 g/mol. The van der Waals surface area contributed by atoms with Crippen LogP contribution < -0.4 is 25.4 Å². The Kier molecular flexibility index (Phi) is 5.45. The Labute approximate surface area is 186 Å². The molecule has 0 atom stereocenters. The molecule has 0 radical (unpaired) electrons. The molecule has 8 heteroatoms. The lowest BCUT2D eigenvalue weighted by Crippen LogP contribution is -2.36. The van der Waals surface area contributed by atoms with Crippen molar-refractivity contribution in [1.29, 1.82) is 0 Å². The molecule has 1 saturated heterocycles. The Bertz CT molecular complexity index is 1180. The second-order valence-corrected chi connectivity index (χ2v) is 7.85. The van der Waals surface area contributed by atoms with Crippen LogP contribution in [0.5, 0.6) is 11.5 Å². The van der Waals surface area contributed by atoms with Gasteiger partial charge >= 0.3 is 5.69 Å². The summed E-state index contributed by atoms with van der Waals surface area (Å²) in [6.45, 7) is 3.87. The van der Waals surface area contributed by atoms with Gasteiger partial charge in [0.2, 0.25) is 0 Å². The zero-order valence-electron chi connectivity index (χ0n) is 18.3. The second-order valence-electron chi connectivity index (χ2n) is 7.85. The molecule has 1 aromatic heterocycles. The molecule has 0 saturated carbocycles. The van der Waals surface area contributed by atoms with Gasteiger partial charge in [-0.05, 0) is 48.4 Å². The number of hydrogen-bond acceptors (Lipinski definition) is 7. The first-order valence-corrected chi connectivity index (χ1v) is 10.7. The first-order valence-electron chi connectivity index (χ1n) is 10.7. The molecule has 3 aromatic rings. The van der Waals surface area contributed by atoms with Gasteiger partial charge in [-0.25, -0.2) is 4.79 Å². The van der Waals surface area contributed by atoms with E-state index in [-0.39, 0.29) is 5.69 Å². The maximum absolute atomic E-state index is 12.8. The van der Waals surface area contributed by atoms with Crippen LogP contribution >= 0.6 is 0 Å². The van der Waals surface area contributed by atoms with Crippen LogP contribution in [0.1, 0.15) is 5.56 Å². The van der Waals surface area contributed by atoms with Crippen LogP contribution in [-0.2, 0) is 17.7 Å². The van der Waals surface area contributed by atoms with Crippen molar-refractivity contribution in [1.82, 2.24) is 9.55 Å². The van der Waals surface area contributed by atoms with E-state index in [9.17, 15) is 4.79 Å². The quantitative estimate of drug-likeness (QED) is 0.661. The average Bonchev–Trinajstić information content (AvgIpc) is 2.84. The minimum Gasteiger partial charge on any atom is -0.493 e. The Morgan fingerprint density at radius 1 is 0.969 bits per heavy atom. The minimum absolute atomic E-state index is 0.268. The monoisotopic (exact) mass is 434 g/mol. The smallest absolute Gasteiger partial charge is 0.350 e. The number of fused-ring (bicyclic) bond motifs is 3. The number of ether oxygens (including phenoxy) is 3. The first kappa shape index (κ1) is 20.4. The van der Waals surface area contributed by atoms with Gasteiger partial charge in [-0.15, -0.1) is 0 Å². The van der Waals surface area contributed by atoms with Gasteiger partial charge in [-0.1, -0.05) is 0 Å². The summed E-state index contributed by atoms with van der Waals surface area (Å²) < 4.78 is 18.1. The third-order valence-corrected chi connectivity index (χ3v) is 6.02. The highest BCUT2D eigenvalue weighted by atomic mass is 16.5. The van der Waals surface area contributed by atoms with E-state index in [0.717, 1.165) is 60.9 Å². The third kappa shape index (κ3) is 3.78. The minimum atomic E-state index is -0.268. The fraction of sp³-hybridized carbons (Fsp3) is 0.333. The van der Waals surface area contributed by atoms with Gasteiger partial charge in [0.15, 0.2) is 11.5 Å². The van der Waals surface area contributed by atoms with Crippen molar-refractivity contribution in [2.24, 2.45) is 0 Å². The lowest BCUT2D eigenvalue weighted by Gasteiger charge is -2.29. The summed E-state index contributed by atoms with van der Waals surface area (Å²) >= 11 is 0. The summed E-state index contributed by atoms with van der Waals surface area (Å²) in [5, 5.41) is 3.28. The standard InChI is InChI=1S/C24H26N4O4/c1-30-21-13-16-7-8-28-20(19(16)14-22(21)31-2)15-23(26-24(28)29)25-17-3-5-18(6-4-17)27-9-11-32-12-10-27/h3-6,13-15H,7-12H2,1-2H3,(H,25,26,29). The number of hydrogen-bond donors (Lipinski definition) is 1. The SMILES string of the molecule is COc1cc2c(cc1OC)-c1cc(Nc3ccc(N4CCOCC4)cc3)nc(=O)n1CC2. The lowest BCUT2D eigenvalue weighted by molar-refractivity contribution is 0.122. The summed E-state index contributed by atoms with van der Waals surface area (Å²) in [4.78, 5) is 19.3. The van der Waals surface area contributed by atoms with Crippen molar-refractivity contribution in [3.05, 3.63) is 58.5 Å². The zero-order chi connectivity index (χ0) is 22.1. The molecule has 166 valence electrons. The van der Waals surface area contributed by atoms with Crippen LogP contribution in [-0.4, -0.2) is 50.1 Å². The Morgan fingerprint density at radius 3 is 2.41 bits per heavy atom. The molecule has 0 unspecified atom stereocenters. The molecule has 1 fully saturated rings. The highest BCUT2D eigenvalue weighted by Gasteiger charge is 2.21. The summed E-state index contributed by atoms with van der Waals surface area (Å²) in [6.07, 6.45) is 0.736. The number of methoxy groups -OCH3 is 2. The van der Waals surface area contributed by atoms with Gasteiger partial charge in [0.05, 0.1) is 33.1 Å². The van der Waals surface area contributed by atoms with Crippen molar-refractivity contribution in [2.75, 3.05) is 50.7 Å². The maximum Gasteiger partial charge on any atom is 0.350 e. The number of anilines is 3. The Morgan fingerprint density at radius 2 is 1.69 bits per heavy atom. The van der Waals surface area contributed by atoms with Crippen LogP contribution in [0.4, 0.5) is 17.2 Å². The van der Waals surface area contributed by atoms with Gasteiger partial charge in [-0.3, -0.25) is 4.57 Å². The molecule has 0 bridgehead atoms. The number of rotatable bonds is 5. The van der Waals surface area contributed by atoms with Crippen molar-refractivity contribution < 1.29 is 14.2 Å². The van der Waals surface area contributed by atoms with Gasteiger partial charge in [0, 0.05) is 42.6 Å². The van der Waals surface area contributed by atoms with Gasteiger partial charge in [-0.2, -0.15) is 4.98 Å². The molecule has 2 aromatic carbocycles. The molecular weight excluding hydrogens is 408 g/mol. The molecule has 5 rings (SSSR count). The summed E-state index contributed by atoms with van der Waals surface area (Å²) in [5.41, 5.74) is 4.66. The highest BCUT2D eigenvalue weighted by Crippen LogP contribution is 2.38. The number of nitrogens with zero attached hydrogens (tertiary/aromatic N) is 3. The van der Waals surface area contributed by atoms with E-state index in [1.807, 2.05) is 30.3 Å². The van der Waals surface area contributed by atoms with Crippen molar-refractivity contribution in [3.8, 4) is 22.8 Å². The molecule has 32 heavy (non-hydrogen) atoms. The summed E-state index contributed by atoms with van der Waals surface area (Å²) in [6, 6.07) is 14.0. The fourth-order valence-corrected chi connectivity index (χ4v) is 4.33. The Balaban J connectivity index is 1.45. The molecule has 0 amide bonds. The van der Waals surface area contributed by atoms with Gasteiger partial charge < -0.3 is 24.4 Å². The van der Waals surface area contributed by atoms with Crippen LogP contribution in [0.3, 0.4) is 0 Å². The second kappa shape index (κ2) is 8.55. The lowest BCUT2D eigenvalue weighted by atomic mass is 9.97. The van der Waals surface area contributed by atoms with Crippen molar-refractivity contribution >= 4 is 17.2 Å². The molecule has 2 aliphatic rings. The van der Waals surface area contributed by atoms with E-state index in [1.54, 1.807) is 18.8 Å². The molecular formula is C24H26N4O4. The summed E-state index contributed by atoms with van der Waals surface area (Å²) in [7, 11) is 3.24. The molecule has 0 aliphatic carbocycles. The normalized spacial score (nSPS) is 15.0. The van der Waals surface area contributed by atoms with Gasteiger partial charge in [0.1, 0.15) is 5.82 Å². The maximum atomic E-state index is 12.8. The van der Waals surface area contributed by atoms with Gasteiger partial charge in [0.25, 0.3) is 0 Å². The van der Waals surface area contributed by atoms with E-state index in [1.165, 1.54) is 0 Å².